The SMILES string of the molecule is Cc1noc(C)c1CCC(=O)Nc1ccc(-c2cn3c(n2)CCCC3)cc1. The van der Waals surface area contributed by atoms with Crippen molar-refractivity contribution in [1.82, 2.24) is 14.7 Å². The van der Waals surface area contributed by atoms with E-state index in [1.54, 1.807) is 0 Å². The Labute approximate surface area is 158 Å². The van der Waals surface area contributed by atoms with Crippen molar-refractivity contribution in [3.05, 3.63) is 53.3 Å². The molecule has 0 unspecified atom stereocenters. The lowest BCUT2D eigenvalue weighted by Gasteiger charge is -2.11. The maximum atomic E-state index is 12.2. The summed E-state index contributed by atoms with van der Waals surface area (Å²) in [5.41, 5.74) is 4.75. The Morgan fingerprint density at radius 2 is 2.04 bits per heavy atom. The van der Waals surface area contributed by atoms with Crippen molar-refractivity contribution in [2.24, 2.45) is 0 Å². The van der Waals surface area contributed by atoms with Crippen LogP contribution in [0.4, 0.5) is 5.69 Å². The Bertz CT molecular complexity index is 910. The van der Waals surface area contributed by atoms with Crippen molar-refractivity contribution in [1.29, 1.82) is 0 Å². The lowest BCUT2D eigenvalue weighted by Crippen LogP contribution is -2.12. The van der Waals surface area contributed by atoms with Crippen LogP contribution in [0.2, 0.25) is 0 Å². The number of hydrogen-bond donors (Lipinski definition) is 1. The van der Waals surface area contributed by atoms with Crippen molar-refractivity contribution in [2.75, 3.05) is 5.32 Å². The standard InChI is InChI=1S/C21H24N4O2/c1-14-18(15(2)27-24-14)10-11-21(26)22-17-8-6-16(7-9-17)19-13-25-12-4-3-5-20(25)23-19/h6-9,13H,3-5,10-12H2,1-2H3,(H,22,26). The Kier molecular flexibility index (Phi) is 4.79. The number of rotatable bonds is 5. The molecule has 3 aromatic rings. The molecule has 27 heavy (non-hydrogen) atoms. The lowest BCUT2D eigenvalue weighted by atomic mass is 10.1. The van der Waals surface area contributed by atoms with Crippen LogP contribution in [-0.2, 0) is 24.2 Å². The van der Waals surface area contributed by atoms with E-state index < -0.39 is 0 Å². The summed E-state index contributed by atoms with van der Waals surface area (Å²) < 4.78 is 7.40. The van der Waals surface area contributed by atoms with Crippen LogP contribution < -0.4 is 5.32 Å². The summed E-state index contributed by atoms with van der Waals surface area (Å²) in [5, 5.41) is 6.88. The van der Waals surface area contributed by atoms with Crippen LogP contribution in [0.1, 0.15) is 42.1 Å². The molecule has 1 N–H and O–H groups in total. The first-order valence-electron chi connectivity index (χ1n) is 9.48. The molecule has 0 spiro atoms. The predicted molar refractivity (Wildman–Crippen MR) is 104 cm³/mol. The quantitative estimate of drug-likeness (QED) is 0.741. The molecule has 1 aliphatic rings. The molecule has 0 fully saturated rings. The van der Waals surface area contributed by atoms with E-state index >= 15 is 0 Å². The first kappa shape index (κ1) is 17.5. The summed E-state index contributed by atoms with van der Waals surface area (Å²) >= 11 is 0. The second kappa shape index (κ2) is 7.39. The molecule has 6 nitrogen and oxygen atoms in total. The molecule has 6 heteroatoms. The maximum Gasteiger partial charge on any atom is 0.224 e. The molecule has 0 radical (unpaired) electrons. The van der Waals surface area contributed by atoms with Gasteiger partial charge in [-0.1, -0.05) is 17.3 Å². The number of benzene rings is 1. The van der Waals surface area contributed by atoms with Gasteiger partial charge < -0.3 is 14.4 Å². The molecular formula is C21H24N4O2. The number of carbonyl (C=O) groups is 1. The molecular weight excluding hydrogens is 340 g/mol. The maximum absolute atomic E-state index is 12.2. The number of imidazole rings is 1. The average molecular weight is 364 g/mol. The molecule has 1 aromatic carbocycles. The van der Waals surface area contributed by atoms with Crippen LogP contribution in [-0.4, -0.2) is 20.6 Å². The van der Waals surface area contributed by atoms with Crippen LogP contribution in [0.15, 0.2) is 35.0 Å². The number of nitrogens with one attached hydrogen (secondary N) is 1. The highest BCUT2D eigenvalue weighted by atomic mass is 16.5. The molecule has 140 valence electrons. The molecule has 3 heterocycles. The highest BCUT2D eigenvalue weighted by Gasteiger charge is 2.14. The zero-order valence-electron chi connectivity index (χ0n) is 15.8. The van der Waals surface area contributed by atoms with Gasteiger partial charge in [0.05, 0.1) is 11.4 Å². The van der Waals surface area contributed by atoms with Crippen molar-refractivity contribution in [3.63, 3.8) is 0 Å². The van der Waals surface area contributed by atoms with E-state index in [2.05, 4.69) is 21.2 Å². The Morgan fingerprint density at radius 3 is 2.74 bits per heavy atom. The smallest absolute Gasteiger partial charge is 0.224 e. The van der Waals surface area contributed by atoms with Gasteiger partial charge in [0.25, 0.3) is 0 Å². The normalized spacial score (nSPS) is 13.4. The summed E-state index contributed by atoms with van der Waals surface area (Å²) in [6, 6.07) is 7.89. The molecule has 0 bridgehead atoms. The monoisotopic (exact) mass is 364 g/mol. The molecule has 0 aliphatic carbocycles. The molecule has 4 rings (SSSR count). The third-order valence-electron chi connectivity index (χ3n) is 5.16. The van der Waals surface area contributed by atoms with Gasteiger partial charge in [0.1, 0.15) is 11.6 Å². The fourth-order valence-corrected chi connectivity index (χ4v) is 3.60. The van der Waals surface area contributed by atoms with E-state index in [1.807, 2.05) is 38.1 Å². The van der Waals surface area contributed by atoms with Gasteiger partial charge in [0.15, 0.2) is 0 Å². The van der Waals surface area contributed by atoms with Crippen molar-refractivity contribution < 1.29 is 9.32 Å². The molecule has 0 saturated carbocycles. The number of anilines is 1. The fourth-order valence-electron chi connectivity index (χ4n) is 3.60. The van der Waals surface area contributed by atoms with E-state index in [4.69, 9.17) is 9.51 Å². The number of amides is 1. The van der Waals surface area contributed by atoms with Crippen LogP contribution >= 0.6 is 0 Å². The third kappa shape index (κ3) is 3.79. The largest absolute Gasteiger partial charge is 0.361 e. The van der Waals surface area contributed by atoms with Gasteiger partial charge in [-0.2, -0.15) is 0 Å². The molecule has 0 atom stereocenters. The van der Waals surface area contributed by atoms with Gasteiger partial charge in [-0.05, 0) is 45.2 Å². The fraction of sp³-hybridized carbons (Fsp3) is 0.381. The summed E-state index contributed by atoms with van der Waals surface area (Å²) in [5.74, 6) is 1.94. The van der Waals surface area contributed by atoms with Crippen molar-refractivity contribution in [2.45, 2.75) is 52.5 Å². The number of aromatic nitrogens is 3. The zero-order valence-corrected chi connectivity index (χ0v) is 15.8. The second-order valence-electron chi connectivity index (χ2n) is 7.12. The molecule has 1 amide bonds. The minimum atomic E-state index is -0.0137. The van der Waals surface area contributed by atoms with Crippen molar-refractivity contribution in [3.8, 4) is 11.3 Å². The van der Waals surface area contributed by atoms with Gasteiger partial charge in [-0.25, -0.2) is 4.98 Å². The van der Waals surface area contributed by atoms with Crippen LogP contribution in [0, 0.1) is 13.8 Å². The summed E-state index contributed by atoms with van der Waals surface area (Å²) in [6.45, 7) is 4.83. The summed E-state index contributed by atoms with van der Waals surface area (Å²) in [6.07, 6.45) is 6.66. The zero-order chi connectivity index (χ0) is 18.8. The Hall–Kier alpha value is -2.89. The van der Waals surface area contributed by atoms with E-state index in [0.717, 1.165) is 46.9 Å². The predicted octanol–water partition coefficient (Wildman–Crippen LogP) is 4.06. The second-order valence-corrected chi connectivity index (χ2v) is 7.12. The number of hydrogen-bond acceptors (Lipinski definition) is 4. The molecule has 1 aliphatic heterocycles. The molecule has 0 saturated heterocycles. The number of aryl methyl sites for hydroxylation is 4. The minimum absolute atomic E-state index is 0.0137. The van der Waals surface area contributed by atoms with Gasteiger partial charge in [0.2, 0.25) is 5.91 Å². The number of nitrogens with zero attached hydrogens (tertiary/aromatic N) is 3. The van der Waals surface area contributed by atoms with E-state index in [-0.39, 0.29) is 5.91 Å². The van der Waals surface area contributed by atoms with Gasteiger partial charge in [-0.15, -0.1) is 0 Å². The number of fused-ring (bicyclic) bond motifs is 1. The highest BCUT2D eigenvalue weighted by Crippen LogP contribution is 2.24. The summed E-state index contributed by atoms with van der Waals surface area (Å²) in [7, 11) is 0. The van der Waals surface area contributed by atoms with Crippen molar-refractivity contribution >= 4 is 11.6 Å². The van der Waals surface area contributed by atoms with E-state index in [1.165, 1.54) is 18.7 Å². The minimum Gasteiger partial charge on any atom is -0.361 e. The Balaban J connectivity index is 1.37. The lowest BCUT2D eigenvalue weighted by molar-refractivity contribution is -0.116. The van der Waals surface area contributed by atoms with E-state index in [0.29, 0.717) is 12.8 Å². The average Bonchev–Trinajstić information content (AvgIpc) is 3.24. The van der Waals surface area contributed by atoms with E-state index in [9.17, 15) is 4.79 Å². The van der Waals surface area contributed by atoms with Gasteiger partial charge in [0, 0.05) is 42.4 Å². The topological polar surface area (TPSA) is 73.0 Å². The Morgan fingerprint density at radius 1 is 1.22 bits per heavy atom. The number of carbonyl (C=O) groups excluding carboxylic acids is 1. The third-order valence-corrected chi connectivity index (χ3v) is 5.16. The van der Waals surface area contributed by atoms with Crippen LogP contribution in [0.3, 0.4) is 0 Å². The van der Waals surface area contributed by atoms with Crippen LogP contribution in [0.5, 0.6) is 0 Å². The first-order valence-corrected chi connectivity index (χ1v) is 9.48. The van der Waals surface area contributed by atoms with Gasteiger partial charge >= 0.3 is 0 Å². The van der Waals surface area contributed by atoms with Crippen LogP contribution in [0.25, 0.3) is 11.3 Å². The molecule has 2 aromatic heterocycles. The van der Waals surface area contributed by atoms with Gasteiger partial charge in [-0.3, -0.25) is 4.79 Å². The summed E-state index contributed by atoms with van der Waals surface area (Å²) in [4.78, 5) is 17.0. The first-order chi connectivity index (χ1) is 13.1. The highest BCUT2D eigenvalue weighted by molar-refractivity contribution is 5.91.